The van der Waals surface area contributed by atoms with Crippen molar-refractivity contribution in [1.82, 2.24) is 0 Å². The topological polar surface area (TPSA) is 46.2 Å². The molecule has 0 fully saturated rings. The maximum atomic E-state index is 10.4. The number of benzene rings is 1. The maximum Gasteiger partial charge on any atom is 0.0614 e. The SMILES string of the molecule is CCCCC(O)C1(CN)Cc2ccccc2C1. The van der Waals surface area contributed by atoms with Crippen molar-refractivity contribution in [3.05, 3.63) is 35.4 Å². The fraction of sp³-hybridized carbons (Fsp3) is 0.600. The Kier molecular flexibility index (Phi) is 3.85. The average Bonchev–Trinajstić information content (AvgIpc) is 2.75. The first-order valence-electron chi connectivity index (χ1n) is 6.67. The van der Waals surface area contributed by atoms with Gasteiger partial charge >= 0.3 is 0 Å². The molecule has 1 atom stereocenters. The highest BCUT2D eigenvalue weighted by molar-refractivity contribution is 5.35. The molecule has 3 N–H and O–H groups in total. The Hall–Kier alpha value is -0.860. The number of aliphatic hydroxyl groups is 1. The van der Waals surface area contributed by atoms with E-state index in [9.17, 15) is 5.11 Å². The fourth-order valence-electron chi connectivity index (χ4n) is 2.94. The summed E-state index contributed by atoms with van der Waals surface area (Å²) in [5.74, 6) is 0. The van der Waals surface area contributed by atoms with Gasteiger partial charge in [-0.2, -0.15) is 0 Å². The lowest BCUT2D eigenvalue weighted by Crippen LogP contribution is -2.42. The zero-order valence-corrected chi connectivity index (χ0v) is 10.7. The van der Waals surface area contributed by atoms with Gasteiger partial charge in [-0.15, -0.1) is 0 Å². The quantitative estimate of drug-likeness (QED) is 0.819. The van der Waals surface area contributed by atoms with Crippen molar-refractivity contribution in [2.75, 3.05) is 6.54 Å². The van der Waals surface area contributed by atoms with E-state index in [1.54, 1.807) is 0 Å². The molecule has 0 aromatic heterocycles. The van der Waals surface area contributed by atoms with Gasteiger partial charge in [-0.25, -0.2) is 0 Å². The molecule has 0 saturated carbocycles. The lowest BCUT2D eigenvalue weighted by Gasteiger charge is -2.33. The van der Waals surface area contributed by atoms with Crippen molar-refractivity contribution in [3.63, 3.8) is 0 Å². The molecule has 1 aliphatic rings. The Bertz CT molecular complexity index is 350. The van der Waals surface area contributed by atoms with Crippen LogP contribution < -0.4 is 5.73 Å². The highest BCUT2D eigenvalue weighted by atomic mass is 16.3. The lowest BCUT2D eigenvalue weighted by atomic mass is 9.77. The molecule has 1 unspecified atom stereocenters. The van der Waals surface area contributed by atoms with Crippen LogP contribution in [0.5, 0.6) is 0 Å². The van der Waals surface area contributed by atoms with Crippen LogP contribution in [0.25, 0.3) is 0 Å². The molecule has 1 aromatic rings. The van der Waals surface area contributed by atoms with Crippen molar-refractivity contribution in [2.45, 2.75) is 45.1 Å². The predicted octanol–water partition coefficient (Wildman–Crippen LogP) is 2.28. The smallest absolute Gasteiger partial charge is 0.0614 e. The summed E-state index contributed by atoms with van der Waals surface area (Å²) in [5.41, 5.74) is 8.59. The number of unbranched alkanes of at least 4 members (excludes halogenated alkanes) is 1. The molecular weight excluding hydrogens is 210 g/mol. The third-order valence-electron chi connectivity index (χ3n) is 4.15. The van der Waals surface area contributed by atoms with Crippen molar-refractivity contribution in [3.8, 4) is 0 Å². The van der Waals surface area contributed by atoms with Crippen LogP contribution in [0.1, 0.15) is 37.3 Å². The van der Waals surface area contributed by atoms with Crippen LogP contribution >= 0.6 is 0 Å². The number of rotatable bonds is 5. The number of hydrogen-bond acceptors (Lipinski definition) is 2. The van der Waals surface area contributed by atoms with Gasteiger partial charge in [0.1, 0.15) is 0 Å². The van der Waals surface area contributed by atoms with Crippen molar-refractivity contribution in [2.24, 2.45) is 11.1 Å². The summed E-state index contributed by atoms with van der Waals surface area (Å²) < 4.78 is 0. The molecule has 2 nitrogen and oxygen atoms in total. The van der Waals surface area contributed by atoms with Crippen LogP contribution in [-0.2, 0) is 12.8 Å². The van der Waals surface area contributed by atoms with Crippen LogP contribution in [0.3, 0.4) is 0 Å². The minimum absolute atomic E-state index is 0.112. The molecule has 0 amide bonds. The second kappa shape index (κ2) is 5.19. The molecule has 0 spiro atoms. The largest absolute Gasteiger partial charge is 0.392 e. The first-order chi connectivity index (χ1) is 8.22. The molecule has 17 heavy (non-hydrogen) atoms. The van der Waals surface area contributed by atoms with Crippen molar-refractivity contribution < 1.29 is 5.11 Å². The van der Waals surface area contributed by atoms with E-state index in [-0.39, 0.29) is 11.5 Å². The van der Waals surface area contributed by atoms with Gasteiger partial charge in [-0.3, -0.25) is 0 Å². The summed E-state index contributed by atoms with van der Waals surface area (Å²) in [6, 6.07) is 8.48. The van der Waals surface area contributed by atoms with Crippen molar-refractivity contribution >= 4 is 0 Å². The third-order valence-corrected chi connectivity index (χ3v) is 4.15. The second-order valence-corrected chi connectivity index (χ2v) is 5.35. The Morgan fingerprint density at radius 3 is 2.35 bits per heavy atom. The zero-order chi connectivity index (χ0) is 12.3. The van der Waals surface area contributed by atoms with Crippen LogP contribution in [0, 0.1) is 5.41 Å². The summed E-state index contributed by atoms with van der Waals surface area (Å²) in [6.07, 6.45) is 4.70. The third kappa shape index (κ3) is 2.38. The summed E-state index contributed by atoms with van der Waals surface area (Å²) in [5, 5.41) is 10.4. The molecule has 1 aliphatic carbocycles. The standard InChI is InChI=1S/C15H23NO/c1-2-3-8-14(17)15(11-16)9-12-6-4-5-7-13(12)10-15/h4-7,14,17H,2-3,8-11,16H2,1H3. The van der Waals surface area contributed by atoms with Crippen LogP contribution in [0.4, 0.5) is 0 Å². The van der Waals surface area contributed by atoms with E-state index in [2.05, 4.69) is 31.2 Å². The van der Waals surface area contributed by atoms with E-state index < -0.39 is 0 Å². The van der Waals surface area contributed by atoms with Crippen LogP contribution in [-0.4, -0.2) is 17.8 Å². The highest BCUT2D eigenvalue weighted by Crippen LogP contribution is 2.40. The summed E-state index contributed by atoms with van der Waals surface area (Å²) in [4.78, 5) is 0. The van der Waals surface area contributed by atoms with Gasteiger partial charge < -0.3 is 10.8 Å². The van der Waals surface area contributed by atoms with E-state index in [0.29, 0.717) is 6.54 Å². The molecule has 0 aliphatic heterocycles. The minimum Gasteiger partial charge on any atom is -0.392 e. The summed E-state index contributed by atoms with van der Waals surface area (Å²) >= 11 is 0. The Morgan fingerprint density at radius 1 is 1.29 bits per heavy atom. The maximum absolute atomic E-state index is 10.4. The van der Waals surface area contributed by atoms with Crippen LogP contribution in [0.2, 0.25) is 0 Å². The van der Waals surface area contributed by atoms with E-state index in [1.165, 1.54) is 11.1 Å². The molecule has 2 heteroatoms. The van der Waals surface area contributed by atoms with Crippen LogP contribution in [0.15, 0.2) is 24.3 Å². The Morgan fingerprint density at radius 2 is 1.88 bits per heavy atom. The number of fused-ring (bicyclic) bond motifs is 1. The zero-order valence-electron chi connectivity index (χ0n) is 10.7. The summed E-state index contributed by atoms with van der Waals surface area (Å²) in [7, 11) is 0. The Labute approximate surface area is 104 Å². The minimum atomic E-state index is -0.264. The van der Waals surface area contributed by atoms with E-state index in [4.69, 9.17) is 5.73 Å². The second-order valence-electron chi connectivity index (χ2n) is 5.35. The van der Waals surface area contributed by atoms with Gasteiger partial charge in [0.15, 0.2) is 0 Å². The van der Waals surface area contributed by atoms with Gasteiger partial charge in [-0.05, 0) is 30.4 Å². The predicted molar refractivity (Wildman–Crippen MR) is 70.9 cm³/mol. The van der Waals surface area contributed by atoms with Gasteiger partial charge in [0.05, 0.1) is 6.10 Å². The molecule has 0 saturated heterocycles. The van der Waals surface area contributed by atoms with E-state index in [1.807, 2.05) is 0 Å². The number of aliphatic hydroxyl groups excluding tert-OH is 1. The first-order valence-corrected chi connectivity index (χ1v) is 6.67. The fourth-order valence-corrected chi connectivity index (χ4v) is 2.94. The lowest BCUT2D eigenvalue weighted by molar-refractivity contribution is 0.0288. The van der Waals surface area contributed by atoms with Gasteiger partial charge in [0.25, 0.3) is 0 Å². The molecule has 0 bridgehead atoms. The van der Waals surface area contributed by atoms with Gasteiger partial charge in [0.2, 0.25) is 0 Å². The molecular formula is C15H23NO. The molecule has 1 aromatic carbocycles. The summed E-state index contributed by atoms with van der Waals surface area (Å²) in [6.45, 7) is 2.73. The highest BCUT2D eigenvalue weighted by Gasteiger charge is 2.41. The number of hydrogen-bond donors (Lipinski definition) is 2. The first kappa shape index (κ1) is 12.6. The number of nitrogens with two attached hydrogens (primary N) is 1. The van der Waals surface area contributed by atoms with E-state index >= 15 is 0 Å². The van der Waals surface area contributed by atoms with Crippen molar-refractivity contribution in [1.29, 1.82) is 0 Å². The Balaban J connectivity index is 2.14. The van der Waals surface area contributed by atoms with E-state index in [0.717, 1.165) is 32.1 Å². The molecule has 2 rings (SSSR count). The average molecular weight is 233 g/mol. The molecule has 0 radical (unpaired) electrons. The normalized spacial score (nSPS) is 19.0. The monoisotopic (exact) mass is 233 g/mol. The molecule has 0 heterocycles. The van der Waals surface area contributed by atoms with Gasteiger partial charge in [0, 0.05) is 12.0 Å². The van der Waals surface area contributed by atoms with Gasteiger partial charge in [-0.1, -0.05) is 44.0 Å². The molecule has 94 valence electrons.